The first-order valence-corrected chi connectivity index (χ1v) is 9.75. The summed E-state index contributed by atoms with van der Waals surface area (Å²) in [6.45, 7) is 3.58. The first-order chi connectivity index (χ1) is 13.8. The molecule has 0 radical (unpaired) electrons. The van der Waals surface area contributed by atoms with Gasteiger partial charge in [-0.2, -0.15) is 0 Å². The molecule has 1 saturated heterocycles. The van der Waals surface area contributed by atoms with Gasteiger partial charge in [-0.1, -0.05) is 29.3 Å². The van der Waals surface area contributed by atoms with E-state index in [-0.39, 0.29) is 16.6 Å². The van der Waals surface area contributed by atoms with Crippen LogP contribution in [0.15, 0.2) is 42.5 Å². The molecule has 2 aromatic rings. The van der Waals surface area contributed by atoms with E-state index in [0.717, 1.165) is 31.9 Å². The average Bonchev–Trinajstić information content (AvgIpc) is 2.68. The number of hydrogen-bond donors (Lipinski definition) is 1. The molecule has 7 nitrogen and oxygen atoms in total. The summed E-state index contributed by atoms with van der Waals surface area (Å²) in [5.41, 5.74) is 1.83. The van der Waals surface area contributed by atoms with Crippen LogP contribution >= 0.6 is 23.2 Å². The Balaban J connectivity index is 1.75. The molecule has 3 rings (SSSR count). The van der Waals surface area contributed by atoms with Gasteiger partial charge in [0.15, 0.2) is 0 Å². The minimum absolute atomic E-state index is 0.0485. The van der Waals surface area contributed by atoms with Crippen LogP contribution in [0.1, 0.15) is 5.56 Å². The van der Waals surface area contributed by atoms with Crippen molar-refractivity contribution in [1.29, 1.82) is 0 Å². The number of carbonyl (C=O) groups is 1. The Morgan fingerprint density at radius 3 is 2.55 bits per heavy atom. The number of likely N-dealkylation sites (N-methyl/N-ethyl adjacent to an activating group) is 1. The Hall–Kier alpha value is -2.61. The Bertz CT molecular complexity index is 957. The van der Waals surface area contributed by atoms with Gasteiger partial charge in [-0.05, 0) is 43.0 Å². The number of anilines is 2. The van der Waals surface area contributed by atoms with E-state index in [1.54, 1.807) is 18.2 Å². The zero-order valence-corrected chi connectivity index (χ0v) is 17.3. The second kappa shape index (κ2) is 9.26. The Kier molecular flexibility index (Phi) is 6.74. The van der Waals surface area contributed by atoms with Gasteiger partial charge >= 0.3 is 0 Å². The fourth-order valence-corrected chi connectivity index (χ4v) is 3.41. The Labute approximate surface area is 178 Å². The first-order valence-electron chi connectivity index (χ1n) is 8.99. The number of rotatable bonds is 5. The van der Waals surface area contributed by atoms with Gasteiger partial charge < -0.3 is 15.1 Å². The minimum Gasteiger partial charge on any atom is -0.367 e. The van der Waals surface area contributed by atoms with Gasteiger partial charge in [0.1, 0.15) is 5.02 Å². The highest BCUT2D eigenvalue weighted by atomic mass is 35.5. The number of piperazine rings is 1. The van der Waals surface area contributed by atoms with Gasteiger partial charge in [0, 0.05) is 43.3 Å². The molecule has 0 aliphatic carbocycles. The van der Waals surface area contributed by atoms with Crippen LogP contribution < -0.4 is 10.2 Å². The second-order valence-electron chi connectivity index (χ2n) is 6.74. The van der Waals surface area contributed by atoms with Gasteiger partial charge in [-0.3, -0.25) is 14.9 Å². The lowest BCUT2D eigenvalue weighted by Gasteiger charge is -2.35. The van der Waals surface area contributed by atoms with Crippen LogP contribution in [-0.4, -0.2) is 49.0 Å². The van der Waals surface area contributed by atoms with Crippen molar-refractivity contribution in [3.63, 3.8) is 0 Å². The molecule has 152 valence electrons. The summed E-state index contributed by atoms with van der Waals surface area (Å²) >= 11 is 11.9. The van der Waals surface area contributed by atoms with Crippen molar-refractivity contribution in [2.45, 2.75) is 0 Å². The van der Waals surface area contributed by atoms with E-state index in [2.05, 4.69) is 22.2 Å². The van der Waals surface area contributed by atoms with E-state index < -0.39 is 4.92 Å². The fraction of sp³-hybridized carbons (Fsp3) is 0.250. The summed E-state index contributed by atoms with van der Waals surface area (Å²) in [4.78, 5) is 27.3. The summed E-state index contributed by atoms with van der Waals surface area (Å²) in [7, 11) is 2.08. The zero-order valence-electron chi connectivity index (χ0n) is 15.8. The van der Waals surface area contributed by atoms with Crippen molar-refractivity contribution < 1.29 is 9.72 Å². The van der Waals surface area contributed by atoms with E-state index >= 15 is 0 Å². The molecule has 9 heteroatoms. The summed E-state index contributed by atoms with van der Waals surface area (Å²) in [6, 6.07) is 9.77. The normalized spacial score (nSPS) is 14.9. The van der Waals surface area contributed by atoms with Crippen molar-refractivity contribution in [3.05, 3.63) is 68.2 Å². The molecule has 0 atom stereocenters. The molecule has 1 N–H and O–H groups in total. The largest absolute Gasteiger partial charge is 0.367 e. The molecule has 1 aliphatic rings. The maximum Gasteiger partial charge on any atom is 0.288 e. The van der Waals surface area contributed by atoms with Gasteiger partial charge in [0.2, 0.25) is 5.91 Å². The SMILES string of the molecule is CN1CCN(c2ccc(Cl)cc2NC(=O)/C=C/c2ccc(Cl)c([N+](=O)[O-])c2)CC1. The summed E-state index contributed by atoms with van der Waals surface area (Å²) < 4.78 is 0. The third kappa shape index (κ3) is 5.47. The number of halogens is 2. The highest BCUT2D eigenvalue weighted by Gasteiger charge is 2.18. The molecule has 0 bridgehead atoms. The third-order valence-electron chi connectivity index (χ3n) is 4.65. The molecule has 0 unspecified atom stereocenters. The molecule has 29 heavy (non-hydrogen) atoms. The molecule has 1 heterocycles. The molecule has 1 amide bonds. The van der Waals surface area contributed by atoms with E-state index in [9.17, 15) is 14.9 Å². The van der Waals surface area contributed by atoms with Crippen LogP contribution in [0, 0.1) is 10.1 Å². The van der Waals surface area contributed by atoms with Crippen LogP contribution in [-0.2, 0) is 4.79 Å². The predicted octanol–water partition coefficient (Wildman–Crippen LogP) is 4.31. The number of nitrogens with one attached hydrogen (secondary N) is 1. The van der Waals surface area contributed by atoms with Gasteiger partial charge in [0.05, 0.1) is 16.3 Å². The molecule has 2 aromatic carbocycles. The monoisotopic (exact) mass is 434 g/mol. The number of carbonyl (C=O) groups excluding carboxylic acids is 1. The minimum atomic E-state index is -0.561. The van der Waals surface area contributed by atoms with E-state index in [0.29, 0.717) is 16.3 Å². The van der Waals surface area contributed by atoms with Gasteiger partial charge in [-0.25, -0.2) is 0 Å². The first kappa shape index (κ1) is 21.1. The van der Waals surface area contributed by atoms with E-state index in [1.165, 1.54) is 24.3 Å². The zero-order chi connectivity index (χ0) is 21.0. The highest BCUT2D eigenvalue weighted by molar-refractivity contribution is 6.32. The predicted molar refractivity (Wildman–Crippen MR) is 117 cm³/mol. The molecular weight excluding hydrogens is 415 g/mol. The van der Waals surface area contributed by atoms with Gasteiger partial charge in [-0.15, -0.1) is 0 Å². The van der Waals surface area contributed by atoms with Gasteiger partial charge in [0.25, 0.3) is 5.69 Å². The van der Waals surface area contributed by atoms with Crippen molar-refractivity contribution in [2.24, 2.45) is 0 Å². The standard InChI is InChI=1S/C20H20Cl2N4O3/c1-24-8-10-25(11-9-24)18-6-4-15(21)13-17(18)23-20(27)7-3-14-2-5-16(22)19(12-14)26(28)29/h2-7,12-13H,8-11H2,1H3,(H,23,27)/b7-3+. The van der Waals surface area contributed by atoms with Crippen LogP contribution in [0.5, 0.6) is 0 Å². The summed E-state index contributed by atoms with van der Waals surface area (Å²) in [5.74, 6) is -0.361. The van der Waals surface area contributed by atoms with E-state index in [1.807, 2.05) is 6.07 Å². The number of amides is 1. The van der Waals surface area contributed by atoms with Crippen LogP contribution in [0.4, 0.5) is 17.1 Å². The number of hydrogen-bond acceptors (Lipinski definition) is 5. The fourth-order valence-electron chi connectivity index (χ4n) is 3.05. The third-order valence-corrected chi connectivity index (χ3v) is 5.21. The topological polar surface area (TPSA) is 78.7 Å². The quantitative estimate of drug-likeness (QED) is 0.430. The number of nitro benzene ring substituents is 1. The number of benzene rings is 2. The highest BCUT2D eigenvalue weighted by Crippen LogP contribution is 2.30. The van der Waals surface area contributed by atoms with E-state index in [4.69, 9.17) is 23.2 Å². The molecule has 0 spiro atoms. The lowest BCUT2D eigenvalue weighted by molar-refractivity contribution is -0.384. The Morgan fingerprint density at radius 2 is 1.86 bits per heavy atom. The molecule has 1 aliphatic heterocycles. The molecular formula is C20H20Cl2N4O3. The molecule has 1 fully saturated rings. The lowest BCUT2D eigenvalue weighted by atomic mass is 10.2. The van der Waals surface area contributed by atoms with Crippen molar-refractivity contribution in [2.75, 3.05) is 43.4 Å². The average molecular weight is 435 g/mol. The maximum absolute atomic E-state index is 12.4. The van der Waals surface area contributed by atoms with Crippen LogP contribution in [0.2, 0.25) is 10.0 Å². The Morgan fingerprint density at radius 1 is 1.14 bits per heavy atom. The number of nitro groups is 1. The lowest BCUT2D eigenvalue weighted by Crippen LogP contribution is -2.44. The second-order valence-corrected chi connectivity index (χ2v) is 7.59. The maximum atomic E-state index is 12.4. The molecule has 0 saturated carbocycles. The molecule has 0 aromatic heterocycles. The summed E-state index contributed by atoms with van der Waals surface area (Å²) in [6.07, 6.45) is 2.82. The van der Waals surface area contributed by atoms with Crippen molar-refractivity contribution in [3.8, 4) is 0 Å². The van der Waals surface area contributed by atoms with Crippen LogP contribution in [0.3, 0.4) is 0 Å². The smallest absolute Gasteiger partial charge is 0.288 e. The number of nitrogens with zero attached hydrogens (tertiary/aromatic N) is 3. The van der Waals surface area contributed by atoms with Crippen molar-refractivity contribution >= 4 is 52.2 Å². The summed E-state index contributed by atoms with van der Waals surface area (Å²) in [5, 5.41) is 14.4. The van der Waals surface area contributed by atoms with Crippen LogP contribution in [0.25, 0.3) is 6.08 Å². The van der Waals surface area contributed by atoms with Crippen molar-refractivity contribution in [1.82, 2.24) is 4.90 Å².